The van der Waals surface area contributed by atoms with Gasteiger partial charge in [0.1, 0.15) is 11.4 Å². The minimum atomic E-state index is -0.0146. The smallest absolute Gasteiger partial charge is 0.119 e. The summed E-state index contributed by atoms with van der Waals surface area (Å²) in [6.45, 7) is 10.1. The summed E-state index contributed by atoms with van der Waals surface area (Å²) in [4.78, 5) is 10.3. The number of rotatable bonds is 11. The number of nitroso groups, excluding NO2 is 1. The average molecular weight is 307 g/mol. The van der Waals surface area contributed by atoms with Crippen molar-refractivity contribution < 1.29 is 9.47 Å². The summed E-state index contributed by atoms with van der Waals surface area (Å²) in [6.07, 6.45) is 4.48. The number of hydrogen-bond acceptors (Lipinski definition) is 4. The van der Waals surface area contributed by atoms with E-state index in [-0.39, 0.29) is 5.60 Å². The van der Waals surface area contributed by atoms with Crippen molar-refractivity contribution in [2.45, 2.75) is 59.0 Å². The van der Waals surface area contributed by atoms with E-state index < -0.39 is 0 Å². The maximum atomic E-state index is 10.3. The molecule has 0 N–H and O–H groups in total. The van der Waals surface area contributed by atoms with E-state index in [0.717, 1.165) is 25.2 Å². The van der Waals surface area contributed by atoms with Gasteiger partial charge in [-0.2, -0.15) is 0 Å². The van der Waals surface area contributed by atoms with Crippen molar-refractivity contribution in [1.29, 1.82) is 0 Å². The van der Waals surface area contributed by atoms with Crippen molar-refractivity contribution in [3.63, 3.8) is 0 Å². The van der Waals surface area contributed by atoms with Crippen LogP contribution in [0.4, 0.5) is 5.69 Å². The first kappa shape index (κ1) is 18.6. The Labute approximate surface area is 134 Å². The zero-order valence-electron chi connectivity index (χ0n) is 14.3. The van der Waals surface area contributed by atoms with Crippen molar-refractivity contribution in [2.24, 2.45) is 11.1 Å². The highest BCUT2D eigenvalue weighted by atomic mass is 16.5. The molecule has 0 aliphatic rings. The van der Waals surface area contributed by atoms with Crippen LogP contribution in [-0.4, -0.2) is 18.8 Å². The molecule has 1 atom stereocenters. The summed E-state index contributed by atoms with van der Waals surface area (Å²) in [7, 11) is 0. The second-order valence-corrected chi connectivity index (χ2v) is 6.41. The molecule has 0 saturated carbocycles. The minimum absolute atomic E-state index is 0.0146. The number of ether oxygens (including phenoxy) is 2. The molecule has 1 aromatic rings. The summed E-state index contributed by atoms with van der Waals surface area (Å²) >= 11 is 0. The van der Waals surface area contributed by atoms with Crippen LogP contribution in [0.25, 0.3) is 0 Å². The standard InChI is InChI=1S/C18H29NO3/c1-5-22-18(3,4)13-6-7-15(2)12-14-21-17-10-8-16(19-20)9-11-17/h8-11,15H,5-7,12-14H2,1-4H3. The van der Waals surface area contributed by atoms with Gasteiger partial charge >= 0.3 is 0 Å². The van der Waals surface area contributed by atoms with E-state index in [1.807, 2.05) is 6.92 Å². The fourth-order valence-corrected chi connectivity index (χ4v) is 2.46. The monoisotopic (exact) mass is 307 g/mol. The quantitative estimate of drug-likeness (QED) is 0.509. The number of nitrogens with zero attached hydrogens (tertiary/aromatic N) is 1. The van der Waals surface area contributed by atoms with Gasteiger partial charge in [-0.3, -0.25) is 0 Å². The molecule has 0 heterocycles. The molecular formula is C18H29NO3. The zero-order valence-corrected chi connectivity index (χ0v) is 14.3. The molecule has 22 heavy (non-hydrogen) atoms. The molecule has 1 rings (SSSR count). The highest BCUT2D eigenvalue weighted by molar-refractivity contribution is 5.40. The van der Waals surface area contributed by atoms with Gasteiger partial charge in [-0.15, -0.1) is 4.91 Å². The second kappa shape index (κ2) is 9.57. The lowest BCUT2D eigenvalue weighted by atomic mass is 9.95. The molecule has 0 saturated heterocycles. The SMILES string of the molecule is CCOC(C)(C)CCCC(C)CCOc1ccc(N=O)cc1. The van der Waals surface area contributed by atoms with Gasteiger partial charge in [-0.25, -0.2) is 0 Å². The van der Waals surface area contributed by atoms with E-state index >= 15 is 0 Å². The van der Waals surface area contributed by atoms with E-state index in [1.54, 1.807) is 24.3 Å². The first-order chi connectivity index (χ1) is 10.5. The van der Waals surface area contributed by atoms with E-state index in [1.165, 1.54) is 12.8 Å². The normalized spacial score (nSPS) is 12.9. The van der Waals surface area contributed by atoms with E-state index in [4.69, 9.17) is 9.47 Å². The molecule has 1 aromatic carbocycles. The maximum Gasteiger partial charge on any atom is 0.119 e. The van der Waals surface area contributed by atoms with Crippen LogP contribution >= 0.6 is 0 Å². The Hall–Kier alpha value is -1.42. The van der Waals surface area contributed by atoms with Gasteiger partial charge in [0.05, 0.1) is 12.2 Å². The third-order valence-electron chi connectivity index (χ3n) is 3.83. The fraction of sp³-hybridized carbons (Fsp3) is 0.667. The summed E-state index contributed by atoms with van der Waals surface area (Å²) in [5.41, 5.74) is 0.414. The summed E-state index contributed by atoms with van der Waals surface area (Å²) < 4.78 is 11.4. The number of benzene rings is 1. The molecule has 0 bridgehead atoms. The topological polar surface area (TPSA) is 47.9 Å². The highest BCUT2D eigenvalue weighted by Crippen LogP contribution is 2.22. The molecule has 4 heteroatoms. The molecule has 0 aromatic heterocycles. The lowest BCUT2D eigenvalue weighted by Crippen LogP contribution is -2.24. The molecule has 0 aliphatic carbocycles. The highest BCUT2D eigenvalue weighted by Gasteiger charge is 2.17. The van der Waals surface area contributed by atoms with Crippen LogP contribution in [0.1, 0.15) is 53.4 Å². The Morgan fingerprint density at radius 2 is 1.86 bits per heavy atom. The fourth-order valence-electron chi connectivity index (χ4n) is 2.46. The summed E-state index contributed by atoms with van der Waals surface area (Å²) in [5, 5.41) is 2.87. The van der Waals surface area contributed by atoms with Gasteiger partial charge in [0.2, 0.25) is 0 Å². The molecule has 0 radical (unpaired) electrons. The Morgan fingerprint density at radius 3 is 2.45 bits per heavy atom. The van der Waals surface area contributed by atoms with Crippen LogP contribution in [0.3, 0.4) is 0 Å². The zero-order chi connectivity index (χ0) is 16.4. The Bertz CT molecular complexity index is 428. The van der Waals surface area contributed by atoms with Gasteiger partial charge < -0.3 is 9.47 Å². The lowest BCUT2D eigenvalue weighted by molar-refractivity contribution is -0.0183. The van der Waals surface area contributed by atoms with Crippen molar-refractivity contribution in [3.05, 3.63) is 29.2 Å². The first-order valence-electron chi connectivity index (χ1n) is 8.17. The van der Waals surface area contributed by atoms with Gasteiger partial charge in [0, 0.05) is 6.61 Å². The van der Waals surface area contributed by atoms with Crippen LogP contribution < -0.4 is 4.74 Å². The van der Waals surface area contributed by atoms with E-state index in [0.29, 0.717) is 18.2 Å². The van der Waals surface area contributed by atoms with Crippen LogP contribution in [0, 0.1) is 10.8 Å². The second-order valence-electron chi connectivity index (χ2n) is 6.41. The lowest BCUT2D eigenvalue weighted by Gasteiger charge is -2.25. The third-order valence-corrected chi connectivity index (χ3v) is 3.83. The number of hydrogen-bond donors (Lipinski definition) is 0. The molecule has 0 aliphatic heterocycles. The van der Waals surface area contributed by atoms with Gasteiger partial charge in [0.25, 0.3) is 0 Å². The summed E-state index contributed by atoms with van der Waals surface area (Å²) in [5.74, 6) is 1.42. The molecule has 0 amide bonds. The van der Waals surface area contributed by atoms with Crippen molar-refractivity contribution in [3.8, 4) is 5.75 Å². The van der Waals surface area contributed by atoms with Gasteiger partial charge in [-0.1, -0.05) is 19.8 Å². The Balaban J connectivity index is 2.17. The van der Waals surface area contributed by atoms with Crippen molar-refractivity contribution >= 4 is 5.69 Å². The molecule has 124 valence electrons. The predicted octanol–water partition coefficient (Wildman–Crippen LogP) is 5.47. The van der Waals surface area contributed by atoms with Crippen LogP contribution in [0.2, 0.25) is 0 Å². The Kier molecular flexibility index (Phi) is 8.10. The van der Waals surface area contributed by atoms with Crippen molar-refractivity contribution in [2.75, 3.05) is 13.2 Å². The first-order valence-corrected chi connectivity index (χ1v) is 8.17. The summed E-state index contributed by atoms with van der Waals surface area (Å²) in [6, 6.07) is 6.90. The largest absolute Gasteiger partial charge is 0.494 e. The molecule has 1 unspecified atom stereocenters. The average Bonchev–Trinajstić information content (AvgIpc) is 2.47. The van der Waals surface area contributed by atoms with Crippen molar-refractivity contribution in [1.82, 2.24) is 0 Å². The Morgan fingerprint density at radius 1 is 1.18 bits per heavy atom. The molecule has 0 spiro atoms. The molecule has 0 fully saturated rings. The molecular weight excluding hydrogens is 278 g/mol. The maximum absolute atomic E-state index is 10.3. The van der Waals surface area contributed by atoms with E-state index in [2.05, 4.69) is 25.9 Å². The van der Waals surface area contributed by atoms with Crippen LogP contribution in [0.5, 0.6) is 5.75 Å². The predicted molar refractivity (Wildman–Crippen MR) is 90.7 cm³/mol. The third kappa shape index (κ3) is 7.55. The van der Waals surface area contributed by atoms with Crippen LogP contribution in [-0.2, 0) is 4.74 Å². The van der Waals surface area contributed by atoms with Gasteiger partial charge in [0.15, 0.2) is 0 Å². The van der Waals surface area contributed by atoms with Crippen LogP contribution in [0.15, 0.2) is 29.4 Å². The minimum Gasteiger partial charge on any atom is -0.494 e. The molecule has 4 nitrogen and oxygen atoms in total. The van der Waals surface area contributed by atoms with Gasteiger partial charge in [-0.05, 0) is 69.0 Å². The van der Waals surface area contributed by atoms with E-state index in [9.17, 15) is 4.91 Å².